The van der Waals surface area contributed by atoms with Crippen LogP contribution in [0.5, 0.6) is 0 Å². The molecule has 1 heterocycles. The highest BCUT2D eigenvalue weighted by Gasteiger charge is 2.26. The third-order valence-electron chi connectivity index (χ3n) is 3.92. The predicted molar refractivity (Wildman–Crippen MR) is 87.9 cm³/mol. The standard InChI is InChI=1S/C16H24N2O2.ClH/c1-11(2)12-3-5-14(6-4-12)18-16(19)15(17)13-7-9-20-10-8-13;/h3-6,11,13,15H,7-10,17H2,1-2H3,(H,18,19);1H. The van der Waals surface area contributed by atoms with Crippen molar-refractivity contribution in [3.63, 3.8) is 0 Å². The lowest BCUT2D eigenvalue weighted by molar-refractivity contribution is -0.119. The number of ether oxygens (including phenoxy) is 1. The Labute approximate surface area is 132 Å². The Morgan fingerprint density at radius 3 is 2.33 bits per heavy atom. The molecule has 5 heteroatoms. The summed E-state index contributed by atoms with van der Waals surface area (Å²) < 4.78 is 5.30. The average Bonchev–Trinajstić information content (AvgIpc) is 2.48. The van der Waals surface area contributed by atoms with Gasteiger partial charge in [-0.15, -0.1) is 12.4 Å². The smallest absolute Gasteiger partial charge is 0.241 e. The van der Waals surface area contributed by atoms with Crippen molar-refractivity contribution in [1.82, 2.24) is 0 Å². The molecule has 0 spiro atoms. The van der Waals surface area contributed by atoms with Gasteiger partial charge in [0.2, 0.25) is 5.91 Å². The van der Waals surface area contributed by atoms with Crippen LogP contribution in [-0.4, -0.2) is 25.2 Å². The zero-order chi connectivity index (χ0) is 14.5. The van der Waals surface area contributed by atoms with Gasteiger partial charge in [0.05, 0.1) is 6.04 Å². The fourth-order valence-corrected chi connectivity index (χ4v) is 2.47. The molecule has 1 fully saturated rings. The fourth-order valence-electron chi connectivity index (χ4n) is 2.47. The number of anilines is 1. The van der Waals surface area contributed by atoms with Crippen LogP contribution in [-0.2, 0) is 9.53 Å². The molecule has 2 rings (SSSR count). The summed E-state index contributed by atoms with van der Waals surface area (Å²) in [4.78, 5) is 12.2. The lowest BCUT2D eigenvalue weighted by atomic mass is 9.92. The van der Waals surface area contributed by atoms with Gasteiger partial charge in [-0.1, -0.05) is 26.0 Å². The predicted octanol–water partition coefficient (Wildman–Crippen LogP) is 2.92. The van der Waals surface area contributed by atoms with Gasteiger partial charge in [0.15, 0.2) is 0 Å². The third-order valence-corrected chi connectivity index (χ3v) is 3.92. The van der Waals surface area contributed by atoms with Crippen LogP contribution in [0.4, 0.5) is 5.69 Å². The van der Waals surface area contributed by atoms with E-state index < -0.39 is 6.04 Å². The zero-order valence-electron chi connectivity index (χ0n) is 12.7. The van der Waals surface area contributed by atoms with Crippen LogP contribution in [0.25, 0.3) is 0 Å². The van der Waals surface area contributed by atoms with Gasteiger partial charge in [0.1, 0.15) is 0 Å². The molecule has 1 unspecified atom stereocenters. The summed E-state index contributed by atoms with van der Waals surface area (Å²) in [6.07, 6.45) is 1.72. The molecule has 4 nitrogen and oxygen atoms in total. The molecular formula is C16H25ClN2O2. The summed E-state index contributed by atoms with van der Waals surface area (Å²) >= 11 is 0. The minimum absolute atomic E-state index is 0. The Morgan fingerprint density at radius 1 is 1.24 bits per heavy atom. The van der Waals surface area contributed by atoms with Crippen LogP contribution in [0.1, 0.15) is 38.2 Å². The second-order valence-electron chi connectivity index (χ2n) is 5.74. The molecule has 0 saturated carbocycles. The zero-order valence-corrected chi connectivity index (χ0v) is 13.5. The SMILES string of the molecule is CC(C)c1ccc(NC(=O)C(N)C2CCOCC2)cc1.Cl. The normalized spacial score (nSPS) is 17.1. The summed E-state index contributed by atoms with van der Waals surface area (Å²) in [6, 6.07) is 7.50. The minimum atomic E-state index is -0.455. The van der Waals surface area contributed by atoms with Gasteiger partial charge in [0.25, 0.3) is 0 Å². The molecule has 0 radical (unpaired) electrons. The van der Waals surface area contributed by atoms with Crippen LogP contribution in [0.3, 0.4) is 0 Å². The maximum absolute atomic E-state index is 12.2. The third kappa shape index (κ3) is 4.99. The molecule has 1 saturated heterocycles. The topological polar surface area (TPSA) is 64.4 Å². The Hall–Kier alpha value is -1.10. The minimum Gasteiger partial charge on any atom is -0.381 e. The summed E-state index contributed by atoms with van der Waals surface area (Å²) in [7, 11) is 0. The van der Waals surface area contributed by atoms with Gasteiger partial charge in [-0.2, -0.15) is 0 Å². The molecule has 0 aliphatic carbocycles. The molecule has 1 aromatic carbocycles. The van der Waals surface area contributed by atoms with Crippen molar-refractivity contribution in [2.45, 2.75) is 38.6 Å². The van der Waals surface area contributed by atoms with Crippen molar-refractivity contribution >= 4 is 24.0 Å². The van der Waals surface area contributed by atoms with E-state index in [0.29, 0.717) is 19.1 Å². The molecule has 118 valence electrons. The Kier molecular flexibility index (Phi) is 7.15. The number of carbonyl (C=O) groups is 1. The van der Waals surface area contributed by atoms with E-state index in [9.17, 15) is 4.79 Å². The average molecular weight is 313 g/mol. The second kappa shape index (κ2) is 8.37. The lowest BCUT2D eigenvalue weighted by Crippen LogP contribution is -2.43. The van der Waals surface area contributed by atoms with Gasteiger partial charge in [-0.05, 0) is 42.4 Å². The van der Waals surface area contributed by atoms with Crippen LogP contribution in [0, 0.1) is 5.92 Å². The number of nitrogens with one attached hydrogen (secondary N) is 1. The van der Waals surface area contributed by atoms with Crippen LogP contribution in [0.15, 0.2) is 24.3 Å². The summed E-state index contributed by atoms with van der Waals surface area (Å²) in [5.74, 6) is 0.608. The van der Waals surface area contributed by atoms with E-state index in [1.807, 2.05) is 24.3 Å². The van der Waals surface area contributed by atoms with E-state index in [1.165, 1.54) is 5.56 Å². The lowest BCUT2D eigenvalue weighted by Gasteiger charge is -2.26. The van der Waals surface area contributed by atoms with E-state index in [-0.39, 0.29) is 24.2 Å². The number of nitrogens with two attached hydrogens (primary N) is 1. The first kappa shape index (κ1) is 18.0. The van der Waals surface area contributed by atoms with Crippen LogP contribution >= 0.6 is 12.4 Å². The van der Waals surface area contributed by atoms with E-state index in [1.54, 1.807) is 0 Å². The van der Waals surface area contributed by atoms with Crippen molar-refractivity contribution in [1.29, 1.82) is 0 Å². The molecule has 1 aliphatic rings. The van der Waals surface area contributed by atoms with Gasteiger partial charge in [-0.25, -0.2) is 0 Å². The molecule has 1 atom stereocenters. The number of benzene rings is 1. The number of hydrogen-bond donors (Lipinski definition) is 2. The number of carbonyl (C=O) groups excluding carboxylic acids is 1. The van der Waals surface area contributed by atoms with E-state index in [0.717, 1.165) is 18.5 Å². The van der Waals surface area contributed by atoms with Gasteiger partial charge in [-0.3, -0.25) is 4.79 Å². The Balaban J connectivity index is 0.00000220. The van der Waals surface area contributed by atoms with Crippen LogP contribution in [0.2, 0.25) is 0 Å². The van der Waals surface area contributed by atoms with E-state index in [4.69, 9.17) is 10.5 Å². The van der Waals surface area contributed by atoms with Crippen LogP contribution < -0.4 is 11.1 Å². The molecule has 1 aliphatic heterocycles. The summed E-state index contributed by atoms with van der Waals surface area (Å²) in [5.41, 5.74) is 8.12. The molecule has 0 aromatic heterocycles. The van der Waals surface area contributed by atoms with Gasteiger partial charge >= 0.3 is 0 Å². The molecular weight excluding hydrogens is 288 g/mol. The first-order valence-corrected chi connectivity index (χ1v) is 7.32. The highest BCUT2D eigenvalue weighted by molar-refractivity contribution is 5.94. The molecule has 1 amide bonds. The molecule has 1 aromatic rings. The number of amides is 1. The Morgan fingerprint density at radius 2 is 1.81 bits per heavy atom. The summed E-state index contributed by atoms with van der Waals surface area (Å²) in [5, 5.41) is 2.90. The summed E-state index contributed by atoms with van der Waals surface area (Å²) in [6.45, 7) is 5.70. The molecule has 0 bridgehead atoms. The van der Waals surface area contributed by atoms with Crippen molar-refractivity contribution in [3.05, 3.63) is 29.8 Å². The second-order valence-corrected chi connectivity index (χ2v) is 5.74. The number of hydrogen-bond acceptors (Lipinski definition) is 3. The van der Waals surface area contributed by atoms with Gasteiger partial charge < -0.3 is 15.8 Å². The number of rotatable bonds is 4. The van der Waals surface area contributed by atoms with Crippen molar-refractivity contribution < 1.29 is 9.53 Å². The largest absolute Gasteiger partial charge is 0.381 e. The highest BCUT2D eigenvalue weighted by Crippen LogP contribution is 2.20. The van der Waals surface area contributed by atoms with Crippen molar-refractivity contribution in [2.75, 3.05) is 18.5 Å². The molecule has 3 N–H and O–H groups in total. The maximum Gasteiger partial charge on any atom is 0.241 e. The highest BCUT2D eigenvalue weighted by atomic mass is 35.5. The first-order valence-electron chi connectivity index (χ1n) is 7.32. The number of halogens is 1. The van der Waals surface area contributed by atoms with Crippen molar-refractivity contribution in [3.8, 4) is 0 Å². The first-order chi connectivity index (χ1) is 9.58. The monoisotopic (exact) mass is 312 g/mol. The molecule has 21 heavy (non-hydrogen) atoms. The van der Waals surface area contributed by atoms with E-state index >= 15 is 0 Å². The van der Waals surface area contributed by atoms with Crippen molar-refractivity contribution in [2.24, 2.45) is 11.7 Å². The fraction of sp³-hybridized carbons (Fsp3) is 0.562. The quantitative estimate of drug-likeness (QED) is 0.898. The Bertz CT molecular complexity index is 442. The maximum atomic E-state index is 12.2. The van der Waals surface area contributed by atoms with Gasteiger partial charge in [0, 0.05) is 18.9 Å². The van der Waals surface area contributed by atoms with E-state index in [2.05, 4.69) is 19.2 Å².